The van der Waals surface area contributed by atoms with Crippen LogP contribution in [0.15, 0.2) is 46.3 Å². The van der Waals surface area contributed by atoms with Crippen molar-refractivity contribution in [3.8, 4) is 0 Å². The summed E-state index contributed by atoms with van der Waals surface area (Å²) in [5.74, 6) is 0. The van der Waals surface area contributed by atoms with Crippen LogP contribution in [0.3, 0.4) is 0 Å². The van der Waals surface area contributed by atoms with E-state index in [0.29, 0.717) is 43.1 Å². The van der Waals surface area contributed by atoms with E-state index in [4.69, 9.17) is 0 Å². The lowest BCUT2D eigenvalue weighted by Crippen LogP contribution is -2.48. The number of anilines is 1. The summed E-state index contributed by atoms with van der Waals surface area (Å²) in [4.78, 5) is 18.6. The lowest BCUT2D eigenvalue weighted by molar-refractivity contribution is -0.388. The number of nitro benzene ring substituents is 1. The zero-order valence-corrected chi connectivity index (χ0v) is 17.6. The third kappa shape index (κ3) is 4.87. The monoisotopic (exact) mass is 490 g/mol. The molecule has 1 fully saturated rings. The number of halogens is 6. The topological polar surface area (TPSA) is 62.0 Å². The minimum atomic E-state index is -4.71. The number of rotatable bonds is 2. The second kappa shape index (κ2) is 8.43. The number of nitro groups is 1. The number of amidine groups is 1. The Morgan fingerprint density at radius 1 is 0.909 bits per heavy atom. The summed E-state index contributed by atoms with van der Waals surface area (Å²) in [5, 5.41) is 11.9. The molecule has 0 aromatic heterocycles. The van der Waals surface area contributed by atoms with E-state index in [1.807, 2.05) is 4.90 Å². The Bertz CT molecular complexity index is 1110. The minimum absolute atomic E-state index is 0.123. The van der Waals surface area contributed by atoms with Crippen LogP contribution < -0.4 is 4.90 Å². The van der Waals surface area contributed by atoms with Crippen molar-refractivity contribution in [2.24, 2.45) is 4.99 Å². The van der Waals surface area contributed by atoms with Crippen molar-refractivity contribution in [1.29, 1.82) is 0 Å². The highest BCUT2D eigenvalue weighted by Gasteiger charge is 2.37. The first-order valence-electron chi connectivity index (χ1n) is 9.71. The van der Waals surface area contributed by atoms with Crippen molar-refractivity contribution in [3.63, 3.8) is 0 Å². The highest BCUT2D eigenvalue weighted by atomic mass is 32.2. The van der Waals surface area contributed by atoms with Crippen LogP contribution >= 0.6 is 11.8 Å². The highest BCUT2D eigenvalue weighted by Crippen LogP contribution is 2.42. The number of piperazine rings is 1. The van der Waals surface area contributed by atoms with Crippen molar-refractivity contribution in [3.05, 3.63) is 63.2 Å². The lowest BCUT2D eigenvalue weighted by Gasteiger charge is -2.38. The molecule has 33 heavy (non-hydrogen) atoms. The van der Waals surface area contributed by atoms with Gasteiger partial charge in [-0.2, -0.15) is 26.3 Å². The molecule has 0 saturated carbocycles. The van der Waals surface area contributed by atoms with Crippen molar-refractivity contribution in [2.45, 2.75) is 23.8 Å². The summed E-state index contributed by atoms with van der Waals surface area (Å²) in [6, 6.07) is 6.43. The molecule has 6 nitrogen and oxygen atoms in total. The molecule has 0 radical (unpaired) electrons. The molecule has 0 unspecified atom stereocenters. The van der Waals surface area contributed by atoms with Crippen LogP contribution in [-0.2, 0) is 18.9 Å². The van der Waals surface area contributed by atoms with Gasteiger partial charge < -0.3 is 9.80 Å². The number of aliphatic imine (C=N–C) groups is 1. The molecule has 0 amide bonds. The Kier molecular flexibility index (Phi) is 5.93. The van der Waals surface area contributed by atoms with Gasteiger partial charge in [-0.25, -0.2) is 0 Å². The fourth-order valence-corrected chi connectivity index (χ4v) is 4.80. The summed E-state index contributed by atoms with van der Waals surface area (Å²) in [6.07, 6.45) is -9.16. The summed E-state index contributed by atoms with van der Waals surface area (Å²) < 4.78 is 78.2. The van der Waals surface area contributed by atoms with E-state index in [1.165, 1.54) is 6.07 Å². The third-order valence-electron chi connectivity index (χ3n) is 5.34. The van der Waals surface area contributed by atoms with Crippen molar-refractivity contribution in [1.82, 2.24) is 4.90 Å². The normalized spacial score (nSPS) is 17.0. The molecular weight excluding hydrogens is 474 g/mol. The molecule has 2 aliphatic rings. The SMILES string of the molecule is O=[N+]([O-])c1cc(C(F)(F)F)cc2c1SC(N1CCN(c3cccc(C(F)(F)F)c3)CC1)=NC2. The van der Waals surface area contributed by atoms with Gasteiger partial charge in [-0.1, -0.05) is 6.07 Å². The Morgan fingerprint density at radius 2 is 1.55 bits per heavy atom. The zero-order chi connectivity index (χ0) is 24.0. The summed E-state index contributed by atoms with van der Waals surface area (Å²) in [7, 11) is 0. The van der Waals surface area contributed by atoms with Gasteiger partial charge in [-0.15, -0.1) is 0 Å². The van der Waals surface area contributed by atoms with Crippen LogP contribution in [-0.4, -0.2) is 41.2 Å². The van der Waals surface area contributed by atoms with E-state index in [0.717, 1.165) is 30.0 Å². The number of hydrogen-bond acceptors (Lipinski definition) is 6. The Labute approximate surface area is 188 Å². The largest absolute Gasteiger partial charge is 0.416 e. The summed E-state index contributed by atoms with van der Waals surface area (Å²) in [5.41, 5.74) is -1.89. The molecule has 2 aromatic rings. The van der Waals surface area contributed by atoms with Gasteiger partial charge in [0, 0.05) is 37.9 Å². The van der Waals surface area contributed by atoms with Crippen LogP contribution in [0.2, 0.25) is 0 Å². The maximum absolute atomic E-state index is 13.1. The summed E-state index contributed by atoms with van der Waals surface area (Å²) >= 11 is 0.940. The lowest BCUT2D eigenvalue weighted by atomic mass is 10.1. The van der Waals surface area contributed by atoms with Crippen LogP contribution in [0.1, 0.15) is 16.7 Å². The number of alkyl halides is 6. The molecule has 13 heteroatoms. The average Bonchev–Trinajstić information content (AvgIpc) is 2.77. The van der Waals surface area contributed by atoms with Gasteiger partial charge >= 0.3 is 12.4 Å². The molecule has 0 bridgehead atoms. The number of hydrogen-bond donors (Lipinski definition) is 0. The van der Waals surface area contributed by atoms with Crippen LogP contribution in [0.5, 0.6) is 0 Å². The molecule has 1 saturated heterocycles. The molecular formula is C20H16F6N4O2S. The van der Waals surface area contributed by atoms with Crippen LogP contribution in [0.25, 0.3) is 0 Å². The van der Waals surface area contributed by atoms with Crippen molar-refractivity contribution < 1.29 is 31.3 Å². The molecule has 0 spiro atoms. The molecule has 2 aliphatic heterocycles. The van der Waals surface area contributed by atoms with Gasteiger partial charge in [0.1, 0.15) is 0 Å². The van der Waals surface area contributed by atoms with Gasteiger partial charge in [-0.3, -0.25) is 15.1 Å². The van der Waals surface area contributed by atoms with Gasteiger partial charge in [0.15, 0.2) is 5.17 Å². The Balaban J connectivity index is 1.49. The number of fused-ring (bicyclic) bond motifs is 1. The molecule has 176 valence electrons. The Hall–Kier alpha value is -2.96. The molecule has 2 heterocycles. The maximum atomic E-state index is 13.1. The second-order valence-electron chi connectivity index (χ2n) is 7.46. The second-order valence-corrected chi connectivity index (χ2v) is 8.44. The summed E-state index contributed by atoms with van der Waals surface area (Å²) in [6.45, 7) is 1.44. The fourth-order valence-electron chi connectivity index (χ4n) is 3.68. The van der Waals surface area contributed by atoms with Crippen LogP contribution in [0, 0.1) is 10.1 Å². The van der Waals surface area contributed by atoms with E-state index < -0.39 is 34.1 Å². The van der Waals surface area contributed by atoms with Crippen molar-refractivity contribution in [2.75, 3.05) is 31.1 Å². The van der Waals surface area contributed by atoms with E-state index in [9.17, 15) is 36.5 Å². The minimum Gasteiger partial charge on any atom is -0.368 e. The molecule has 4 rings (SSSR count). The first kappa shape index (κ1) is 23.2. The van der Waals surface area contributed by atoms with Gasteiger partial charge in [0.2, 0.25) is 0 Å². The standard InChI is InChI=1S/C20H16F6N4O2S/c21-19(22,23)13-2-1-3-15(9-13)28-4-6-29(7-5-28)18-27-11-12-8-14(20(24,25)26)10-16(30(31)32)17(12)33-18/h1-3,8-10H,4-7,11H2. The third-order valence-corrected chi connectivity index (χ3v) is 6.58. The smallest absolute Gasteiger partial charge is 0.368 e. The van der Waals surface area contributed by atoms with Gasteiger partial charge in [0.25, 0.3) is 5.69 Å². The number of thioether (sulfide) groups is 1. The predicted molar refractivity (Wildman–Crippen MR) is 110 cm³/mol. The van der Waals surface area contributed by atoms with E-state index in [2.05, 4.69) is 4.99 Å². The fraction of sp³-hybridized carbons (Fsp3) is 0.350. The number of benzene rings is 2. The highest BCUT2D eigenvalue weighted by molar-refractivity contribution is 8.14. The molecule has 0 N–H and O–H groups in total. The zero-order valence-electron chi connectivity index (χ0n) is 16.8. The van der Waals surface area contributed by atoms with Gasteiger partial charge in [0.05, 0.1) is 27.5 Å². The molecule has 0 atom stereocenters. The van der Waals surface area contributed by atoms with E-state index >= 15 is 0 Å². The molecule has 2 aromatic carbocycles. The quantitative estimate of drug-likeness (QED) is 0.320. The maximum Gasteiger partial charge on any atom is 0.416 e. The average molecular weight is 490 g/mol. The molecule has 0 aliphatic carbocycles. The van der Waals surface area contributed by atoms with E-state index in [-0.39, 0.29) is 17.0 Å². The first-order chi connectivity index (χ1) is 15.4. The predicted octanol–water partition coefficient (Wildman–Crippen LogP) is 5.42. The van der Waals surface area contributed by atoms with Gasteiger partial charge in [-0.05, 0) is 41.6 Å². The van der Waals surface area contributed by atoms with Crippen LogP contribution in [0.4, 0.5) is 37.7 Å². The first-order valence-corrected chi connectivity index (χ1v) is 10.5. The number of nitrogens with zero attached hydrogens (tertiary/aromatic N) is 4. The van der Waals surface area contributed by atoms with E-state index in [1.54, 1.807) is 11.0 Å². The van der Waals surface area contributed by atoms with Crippen molar-refractivity contribution >= 4 is 28.3 Å². The Morgan fingerprint density at radius 3 is 2.15 bits per heavy atom.